The van der Waals surface area contributed by atoms with E-state index >= 15 is 0 Å². The number of halogens is 1. The second-order valence-corrected chi connectivity index (χ2v) is 11.8. The minimum atomic E-state index is -3.79. The van der Waals surface area contributed by atoms with Crippen LogP contribution in [0.5, 0.6) is 5.75 Å². The van der Waals surface area contributed by atoms with Crippen molar-refractivity contribution in [2.45, 2.75) is 71.0 Å². The molecule has 0 saturated carbocycles. The van der Waals surface area contributed by atoms with Crippen LogP contribution in [0.2, 0.25) is 5.02 Å². The molecule has 0 unspecified atom stereocenters. The first-order valence-electron chi connectivity index (χ1n) is 12.0. The van der Waals surface area contributed by atoms with E-state index in [0.29, 0.717) is 35.1 Å². The molecule has 0 bridgehead atoms. The zero-order valence-corrected chi connectivity index (χ0v) is 22.6. The highest BCUT2D eigenvalue weighted by Crippen LogP contribution is 2.33. The Balaban J connectivity index is 1.60. The zero-order valence-electron chi connectivity index (χ0n) is 21.1. The summed E-state index contributed by atoms with van der Waals surface area (Å²) in [7, 11) is -3.79. The smallest absolute Gasteiger partial charge is 0.241 e. The van der Waals surface area contributed by atoms with Crippen LogP contribution in [0.15, 0.2) is 35.2 Å². The van der Waals surface area contributed by atoms with E-state index in [1.807, 2.05) is 18.2 Å². The Morgan fingerprint density at radius 1 is 1.14 bits per heavy atom. The van der Waals surface area contributed by atoms with Gasteiger partial charge in [-0.3, -0.25) is 4.79 Å². The Kier molecular flexibility index (Phi) is 9.21. The van der Waals surface area contributed by atoms with Crippen molar-refractivity contribution in [2.24, 2.45) is 5.92 Å². The third-order valence-corrected chi connectivity index (χ3v) is 8.07. The van der Waals surface area contributed by atoms with E-state index in [2.05, 4.69) is 29.2 Å². The molecule has 2 aromatic carbocycles. The highest BCUT2D eigenvalue weighted by molar-refractivity contribution is 7.89. The highest BCUT2D eigenvalue weighted by Gasteiger charge is 2.26. The maximum Gasteiger partial charge on any atom is 0.241 e. The molecule has 35 heavy (non-hydrogen) atoms. The molecule has 2 atom stereocenters. The summed E-state index contributed by atoms with van der Waals surface area (Å²) in [6.45, 7) is 11.7. The van der Waals surface area contributed by atoms with Gasteiger partial charge in [0.25, 0.3) is 0 Å². The van der Waals surface area contributed by atoms with Crippen LogP contribution < -0.4 is 20.1 Å². The molecule has 0 radical (unpaired) electrons. The fourth-order valence-electron chi connectivity index (χ4n) is 4.14. The standard InChI is InChI=1S/C26H36ClN3O4S/c1-16(2)14-28-15-20-6-7-21-23(8-9-34-24(21)13-20)29-26(31)12-19(5)30-35(32,33)25-11-17(3)22(27)10-18(25)4/h6-7,10-11,13,16,19,23,28,30H,8-9,12,14-15H2,1-5H3,(H,29,31)/t19-,23+/m0/s1. The van der Waals surface area contributed by atoms with Crippen molar-refractivity contribution in [3.63, 3.8) is 0 Å². The summed E-state index contributed by atoms with van der Waals surface area (Å²) in [6, 6.07) is 8.51. The van der Waals surface area contributed by atoms with Crippen molar-refractivity contribution in [3.8, 4) is 5.75 Å². The molecule has 7 nitrogen and oxygen atoms in total. The number of rotatable bonds is 10. The molecule has 3 rings (SSSR count). The molecule has 3 N–H and O–H groups in total. The van der Waals surface area contributed by atoms with Gasteiger partial charge >= 0.3 is 0 Å². The Bertz CT molecular complexity index is 1170. The van der Waals surface area contributed by atoms with Gasteiger partial charge in [0.05, 0.1) is 17.5 Å². The van der Waals surface area contributed by atoms with Crippen LogP contribution in [-0.2, 0) is 21.4 Å². The maximum absolute atomic E-state index is 12.9. The van der Waals surface area contributed by atoms with Crippen LogP contribution in [0.4, 0.5) is 0 Å². The highest BCUT2D eigenvalue weighted by atomic mass is 35.5. The van der Waals surface area contributed by atoms with E-state index < -0.39 is 16.1 Å². The Morgan fingerprint density at radius 3 is 2.60 bits per heavy atom. The van der Waals surface area contributed by atoms with E-state index in [4.69, 9.17) is 16.3 Å². The number of ether oxygens (including phenoxy) is 1. The average Bonchev–Trinajstić information content (AvgIpc) is 2.75. The molecule has 0 saturated heterocycles. The zero-order chi connectivity index (χ0) is 25.8. The molecule has 0 fully saturated rings. The average molecular weight is 522 g/mol. The van der Waals surface area contributed by atoms with Crippen molar-refractivity contribution < 1.29 is 17.9 Å². The third-order valence-electron chi connectivity index (χ3n) is 5.93. The summed E-state index contributed by atoms with van der Waals surface area (Å²) in [6.07, 6.45) is 0.682. The lowest BCUT2D eigenvalue weighted by Gasteiger charge is -2.28. The van der Waals surface area contributed by atoms with E-state index in [1.54, 1.807) is 32.9 Å². The van der Waals surface area contributed by atoms with Crippen LogP contribution in [-0.4, -0.2) is 33.5 Å². The van der Waals surface area contributed by atoms with Gasteiger partial charge in [-0.1, -0.05) is 37.6 Å². The minimum absolute atomic E-state index is 0.0226. The van der Waals surface area contributed by atoms with Crippen molar-refractivity contribution >= 4 is 27.5 Å². The van der Waals surface area contributed by atoms with Crippen LogP contribution in [0.1, 0.15) is 61.9 Å². The Labute approximate surface area is 214 Å². The van der Waals surface area contributed by atoms with Crippen molar-refractivity contribution in [2.75, 3.05) is 13.2 Å². The number of hydrogen-bond donors (Lipinski definition) is 3. The number of nitrogens with one attached hydrogen (secondary N) is 3. The molecule has 0 spiro atoms. The van der Waals surface area contributed by atoms with Crippen molar-refractivity contribution in [1.82, 2.24) is 15.4 Å². The van der Waals surface area contributed by atoms with Crippen LogP contribution >= 0.6 is 11.6 Å². The second kappa shape index (κ2) is 11.7. The number of hydrogen-bond acceptors (Lipinski definition) is 5. The fraction of sp³-hybridized carbons (Fsp3) is 0.500. The predicted molar refractivity (Wildman–Crippen MR) is 139 cm³/mol. The van der Waals surface area contributed by atoms with E-state index in [0.717, 1.165) is 30.0 Å². The fourth-order valence-corrected chi connectivity index (χ4v) is 5.92. The number of sulfonamides is 1. The largest absolute Gasteiger partial charge is 0.493 e. The van der Waals surface area contributed by atoms with Gasteiger partial charge in [0, 0.05) is 36.0 Å². The molecule has 1 heterocycles. The quantitative estimate of drug-likeness (QED) is 0.430. The minimum Gasteiger partial charge on any atom is -0.493 e. The molecule has 0 aromatic heterocycles. The molecular weight excluding hydrogens is 486 g/mol. The van der Waals surface area contributed by atoms with E-state index in [9.17, 15) is 13.2 Å². The van der Waals surface area contributed by atoms with Gasteiger partial charge in [-0.05, 0) is 68.1 Å². The summed E-state index contributed by atoms with van der Waals surface area (Å²) < 4.78 is 34.3. The van der Waals surface area contributed by atoms with Crippen molar-refractivity contribution in [1.29, 1.82) is 0 Å². The van der Waals surface area contributed by atoms with Gasteiger partial charge in [0.1, 0.15) is 5.75 Å². The van der Waals surface area contributed by atoms with Gasteiger partial charge < -0.3 is 15.4 Å². The van der Waals surface area contributed by atoms with E-state index in [-0.39, 0.29) is 23.3 Å². The van der Waals surface area contributed by atoms with Gasteiger partial charge in [0.15, 0.2) is 0 Å². The number of benzene rings is 2. The molecule has 1 aliphatic heterocycles. The summed E-state index contributed by atoms with van der Waals surface area (Å²) in [5.74, 6) is 1.15. The SMILES string of the molecule is Cc1cc(S(=O)(=O)N[C@@H](C)CC(=O)N[C@@H]2CCOc3cc(CNCC(C)C)ccc32)c(C)cc1Cl. The molecular formula is C26H36ClN3O4S. The summed E-state index contributed by atoms with van der Waals surface area (Å²) in [5.41, 5.74) is 3.31. The Morgan fingerprint density at radius 2 is 1.89 bits per heavy atom. The van der Waals surface area contributed by atoms with Gasteiger partial charge in [0.2, 0.25) is 15.9 Å². The summed E-state index contributed by atoms with van der Waals surface area (Å²) in [4.78, 5) is 12.9. The van der Waals surface area contributed by atoms with Crippen LogP contribution in [0.25, 0.3) is 0 Å². The molecule has 1 amide bonds. The lowest BCUT2D eigenvalue weighted by Crippen LogP contribution is -2.39. The van der Waals surface area contributed by atoms with Crippen LogP contribution in [0, 0.1) is 19.8 Å². The predicted octanol–water partition coefficient (Wildman–Crippen LogP) is 4.40. The molecule has 9 heteroatoms. The molecule has 0 aliphatic carbocycles. The van der Waals surface area contributed by atoms with Gasteiger partial charge in [-0.2, -0.15) is 0 Å². The van der Waals surface area contributed by atoms with Gasteiger partial charge in [-0.25, -0.2) is 13.1 Å². The normalized spacial score (nSPS) is 16.5. The molecule has 2 aromatic rings. The number of fused-ring (bicyclic) bond motifs is 1. The maximum atomic E-state index is 12.9. The van der Waals surface area contributed by atoms with Crippen molar-refractivity contribution in [3.05, 3.63) is 57.6 Å². The Hall–Kier alpha value is -2.13. The summed E-state index contributed by atoms with van der Waals surface area (Å²) >= 11 is 6.10. The first-order chi connectivity index (χ1) is 16.5. The lowest BCUT2D eigenvalue weighted by atomic mass is 9.98. The van der Waals surface area contributed by atoms with E-state index in [1.165, 1.54) is 0 Å². The first kappa shape index (κ1) is 27.5. The number of amides is 1. The third kappa shape index (κ3) is 7.43. The first-order valence-corrected chi connectivity index (χ1v) is 13.9. The molecule has 1 aliphatic rings. The second-order valence-electron chi connectivity index (χ2n) is 9.75. The van der Waals surface area contributed by atoms with Crippen LogP contribution in [0.3, 0.4) is 0 Å². The number of carbonyl (C=O) groups is 1. The number of aryl methyl sites for hydroxylation is 2. The summed E-state index contributed by atoms with van der Waals surface area (Å²) in [5, 5.41) is 6.99. The van der Waals surface area contributed by atoms with Gasteiger partial charge in [-0.15, -0.1) is 0 Å². The number of carbonyl (C=O) groups excluding carboxylic acids is 1. The molecule has 192 valence electrons. The monoisotopic (exact) mass is 521 g/mol. The topological polar surface area (TPSA) is 96.5 Å². The lowest BCUT2D eigenvalue weighted by molar-refractivity contribution is -0.122.